The number of imidazole rings is 1. The van der Waals surface area contributed by atoms with E-state index in [4.69, 9.17) is 27.8 Å². The summed E-state index contributed by atoms with van der Waals surface area (Å²) in [6.45, 7) is 4.13. The highest BCUT2D eigenvalue weighted by Crippen LogP contribution is 2.39. The van der Waals surface area contributed by atoms with Crippen LogP contribution in [-0.2, 0) is 9.53 Å². The zero-order valence-electron chi connectivity index (χ0n) is 20.1. The minimum absolute atomic E-state index is 0.0102. The Morgan fingerprint density at radius 2 is 2.11 bits per heavy atom. The van der Waals surface area contributed by atoms with Crippen molar-refractivity contribution >= 4 is 40.3 Å². The molecule has 12 heteroatoms. The molecule has 2 fully saturated rings. The van der Waals surface area contributed by atoms with Crippen LogP contribution in [0.2, 0.25) is 5.02 Å². The average molecular weight is 526 g/mol. The third-order valence-corrected chi connectivity index (χ3v) is 7.05. The van der Waals surface area contributed by atoms with Crippen molar-refractivity contribution in [3.63, 3.8) is 0 Å². The molecule has 10 nitrogen and oxygen atoms in total. The number of hydrogen-bond acceptors (Lipinski definition) is 6. The lowest BCUT2D eigenvalue weighted by Gasteiger charge is -2.22. The Bertz CT molecular complexity index is 1500. The van der Waals surface area contributed by atoms with E-state index in [1.165, 1.54) is 10.8 Å². The fourth-order valence-electron chi connectivity index (χ4n) is 4.84. The molecule has 0 spiro atoms. The van der Waals surface area contributed by atoms with Crippen molar-refractivity contribution in [1.29, 1.82) is 0 Å². The topological polar surface area (TPSA) is 134 Å². The minimum atomic E-state index is -0.830. The van der Waals surface area contributed by atoms with E-state index in [0.29, 0.717) is 24.6 Å². The molecule has 2 atom stereocenters. The normalized spacial score (nSPS) is 19.2. The number of primary amides is 1. The molecule has 1 aliphatic heterocycles. The minimum Gasteiger partial charge on any atom is -0.383 e. The number of halogens is 2. The Morgan fingerprint density at radius 1 is 1.35 bits per heavy atom. The van der Waals surface area contributed by atoms with Gasteiger partial charge in [0.05, 0.1) is 41.1 Å². The van der Waals surface area contributed by atoms with Crippen molar-refractivity contribution in [2.75, 3.05) is 26.0 Å². The first kappa shape index (κ1) is 24.8. The van der Waals surface area contributed by atoms with E-state index >= 15 is 4.39 Å². The molecule has 192 valence electrons. The van der Waals surface area contributed by atoms with Gasteiger partial charge < -0.3 is 25.7 Å². The van der Waals surface area contributed by atoms with E-state index in [2.05, 4.69) is 28.5 Å². The number of nitrogens with zero attached hydrogens (tertiary/aromatic N) is 5. The van der Waals surface area contributed by atoms with Crippen molar-refractivity contribution in [1.82, 2.24) is 24.2 Å². The van der Waals surface area contributed by atoms with Crippen LogP contribution in [0.25, 0.3) is 11.0 Å². The van der Waals surface area contributed by atoms with Crippen molar-refractivity contribution in [2.45, 2.75) is 37.4 Å². The number of aromatic nitrogens is 4. The molecule has 2 amide bonds. The maximum Gasteiger partial charge on any atom is 0.255 e. The molecule has 2 aliphatic rings. The lowest BCUT2D eigenvalue weighted by atomic mass is 10.1. The molecule has 0 bridgehead atoms. The zero-order valence-corrected chi connectivity index (χ0v) is 20.8. The number of carbonyl (C=O) groups excluding carboxylic acids is 2. The first-order valence-corrected chi connectivity index (χ1v) is 12.1. The number of fused-ring (bicyclic) bond motifs is 1. The van der Waals surface area contributed by atoms with Gasteiger partial charge in [0.15, 0.2) is 11.5 Å². The predicted octanol–water partition coefficient (Wildman–Crippen LogP) is 2.42. The summed E-state index contributed by atoms with van der Waals surface area (Å²) in [6.07, 6.45) is 5.33. The SMILES string of the molecule is C=CC(=O)N1C[C@@H](n2nc(C#Cc3c(Cl)cc4c(ncn4C4CC4)c3F)c(C(N)=O)c2N)C[C@@H]1COC. The molecule has 3 heterocycles. The molecule has 0 radical (unpaired) electrons. The van der Waals surface area contributed by atoms with Crippen LogP contribution in [-0.4, -0.2) is 62.3 Å². The van der Waals surface area contributed by atoms with Gasteiger partial charge in [-0.2, -0.15) is 5.10 Å². The van der Waals surface area contributed by atoms with Crippen LogP contribution in [0.3, 0.4) is 0 Å². The molecule has 0 unspecified atom stereocenters. The highest BCUT2D eigenvalue weighted by molar-refractivity contribution is 6.32. The second-order valence-corrected chi connectivity index (χ2v) is 9.57. The average Bonchev–Trinajstić information content (AvgIpc) is 3.33. The molecule has 1 aromatic carbocycles. The van der Waals surface area contributed by atoms with Crippen molar-refractivity contribution in [3.8, 4) is 11.8 Å². The maximum atomic E-state index is 15.3. The fourth-order valence-corrected chi connectivity index (χ4v) is 5.07. The highest BCUT2D eigenvalue weighted by Gasteiger charge is 2.37. The fraction of sp³-hybridized carbons (Fsp3) is 0.360. The maximum absolute atomic E-state index is 15.3. The van der Waals surface area contributed by atoms with Crippen molar-refractivity contribution in [2.24, 2.45) is 5.73 Å². The summed E-state index contributed by atoms with van der Waals surface area (Å²) in [5.41, 5.74) is 12.5. The van der Waals surface area contributed by atoms with Crippen LogP contribution >= 0.6 is 11.6 Å². The monoisotopic (exact) mass is 525 g/mol. The number of anilines is 1. The standard InChI is InChI=1S/C25H25ClFN7O3/c1-3-20(35)32-10-14(8-15(32)11-37-2)34-24(28)21(25(29)36)18(31-34)7-6-16-17(26)9-19-23(22(16)27)30-12-33(19)13-4-5-13/h3,9,12-15H,1,4-5,8,10-11,28H2,2H3,(H2,29,36)/t14-,15+/m0/s1. The van der Waals surface area contributed by atoms with Crippen molar-refractivity contribution in [3.05, 3.63) is 52.7 Å². The van der Waals surface area contributed by atoms with E-state index < -0.39 is 11.7 Å². The van der Waals surface area contributed by atoms with Crippen LogP contribution < -0.4 is 11.5 Å². The number of nitrogens with two attached hydrogens (primary N) is 2. The lowest BCUT2D eigenvalue weighted by molar-refractivity contribution is -0.127. The van der Waals surface area contributed by atoms with Gasteiger partial charge in [0.25, 0.3) is 5.91 Å². The molecule has 1 saturated carbocycles. The van der Waals surface area contributed by atoms with Gasteiger partial charge in [-0.05, 0) is 37.3 Å². The number of methoxy groups -OCH3 is 1. The van der Waals surface area contributed by atoms with Crippen LogP contribution in [0.15, 0.2) is 25.0 Å². The van der Waals surface area contributed by atoms with Gasteiger partial charge in [-0.1, -0.05) is 24.1 Å². The molecule has 2 aromatic heterocycles. The van der Waals surface area contributed by atoms with Crippen LogP contribution in [0.5, 0.6) is 0 Å². The van der Waals surface area contributed by atoms with Gasteiger partial charge in [0.2, 0.25) is 5.91 Å². The van der Waals surface area contributed by atoms with E-state index in [-0.39, 0.29) is 57.7 Å². The van der Waals surface area contributed by atoms with Gasteiger partial charge in [-0.15, -0.1) is 0 Å². The first-order valence-electron chi connectivity index (χ1n) is 11.7. The Hall–Kier alpha value is -3.88. The Kier molecular flexibility index (Phi) is 6.39. The highest BCUT2D eigenvalue weighted by atomic mass is 35.5. The first-order chi connectivity index (χ1) is 17.7. The van der Waals surface area contributed by atoms with Gasteiger partial charge >= 0.3 is 0 Å². The van der Waals surface area contributed by atoms with Crippen LogP contribution in [0.1, 0.15) is 53.0 Å². The number of carbonyl (C=O) groups is 2. The number of amides is 2. The predicted molar refractivity (Wildman–Crippen MR) is 135 cm³/mol. The van der Waals surface area contributed by atoms with E-state index in [0.717, 1.165) is 12.8 Å². The quantitative estimate of drug-likeness (QED) is 0.375. The molecule has 37 heavy (non-hydrogen) atoms. The summed E-state index contributed by atoms with van der Waals surface area (Å²) in [5.74, 6) is 3.69. The van der Waals surface area contributed by atoms with E-state index in [9.17, 15) is 9.59 Å². The second-order valence-electron chi connectivity index (χ2n) is 9.16. The Labute approximate surface area is 217 Å². The molecule has 1 aliphatic carbocycles. The van der Waals surface area contributed by atoms with Gasteiger partial charge in [0.1, 0.15) is 16.9 Å². The van der Waals surface area contributed by atoms with Gasteiger partial charge in [-0.3, -0.25) is 9.59 Å². The summed E-state index contributed by atoms with van der Waals surface area (Å²) in [6, 6.07) is 1.35. The Balaban J connectivity index is 1.52. The lowest BCUT2D eigenvalue weighted by Crippen LogP contribution is -2.37. The summed E-state index contributed by atoms with van der Waals surface area (Å²) < 4.78 is 23.9. The number of nitrogen functional groups attached to an aromatic ring is 1. The largest absolute Gasteiger partial charge is 0.383 e. The number of benzene rings is 1. The molecular formula is C25H25ClFN7O3. The van der Waals surface area contributed by atoms with Crippen LogP contribution in [0, 0.1) is 17.7 Å². The second kappa shape index (κ2) is 9.53. The molecule has 3 aromatic rings. The number of rotatable bonds is 6. The number of ether oxygens (including phenoxy) is 1. The molecule has 5 rings (SSSR count). The van der Waals surface area contributed by atoms with E-state index in [1.54, 1.807) is 24.4 Å². The smallest absolute Gasteiger partial charge is 0.255 e. The van der Waals surface area contributed by atoms with Crippen molar-refractivity contribution < 1.29 is 18.7 Å². The third-order valence-electron chi connectivity index (χ3n) is 6.76. The van der Waals surface area contributed by atoms with Gasteiger partial charge in [-0.25, -0.2) is 14.1 Å². The number of likely N-dealkylation sites (tertiary alicyclic amines) is 1. The Morgan fingerprint density at radius 3 is 2.76 bits per heavy atom. The molecule has 4 N–H and O–H groups in total. The summed E-state index contributed by atoms with van der Waals surface area (Å²) >= 11 is 6.39. The molecular weight excluding hydrogens is 501 g/mol. The van der Waals surface area contributed by atoms with Crippen LogP contribution in [0.4, 0.5) is 10.2 Å². The summed E-state index contributed by atoms with van der Waals surface area (Å²) in [5, 5.41) is 4.54. The van der Waals surface area contributed by atoms with Gasteiger partial charge in [0, 0.05) is 19.7 Å². The summed E-state index contributed by atoms with van der Waals surface area (Å²) in [4.78, 5) is 30.4. The molecule has 1 saturated heterocycles. The third kappa shape index (κ3) is 4.32. The number of hydrogen-bond donors (Lipinski definition) is 2. The summed E-state index contributed by atoms with van der Waals surface area (Å²) in [7, 11) is 1.54. The zero-order chi connectivity index (χ0) is 26.4. The van der Waals surface area contributed by atoms with E-state index in [1.807, 2.05) is 4.57 Å².